The van der Waals surface area contributed by atoms with E-state index in [4.69, 9.17) is 28.4 Å². The van der Waals surface area contributed by atoms with Crippen LogP contribution in [0.15, 0.2) is 72.8 Å². The third-order valence-corrected chi connectivity index (χ3v) is 18.2. The van der Waals surface area contributed by atoms with Gasteiger partial charge in [-0.1, -0.05) is 0 Å². The van der Waals surface area contributed by atoms with E-state index in [1.807, 2.05) is 12.1 Å². The van der Waals surface area contributed by atoms with Crippen LogP contribution < -0.4 is 0 Å². The summed E-state index contributed by atoms with van der Waals surface area (Å²) < 4.78 is 177. The lowest BCUT2D eigenvalue weighted by atomic mass is 9.92. The van der Waals surface area contributed by atoms with Gasteiger partial charge in [0.15, 0.2) is 80.6 Å². The number of benzene rings is 6. The van der Waals surface area contributed by atoms with Gasteiger partial charge in [-0.3, -0.25) is 0 Å². The molecule has 410 valence electrons. The summed E-state index contributed by atoms with van der Waals surface area (Å²) in [4.78, 5) is 6.95. The van der Waals surface area contributed by atoms with Crippen molar-refractivity contribution < 1.29 is 57.4 Å². The lowest BCUT2D eigenvalue weighted by molar-refractivity contribution is 0.198. The summed E-state index contributed by atoms with van der Waals surface area (Å²) in [7, 11) is 0. The standard InChI is InChI=1S/C28H8F6N4S2.C22H6F6I2S2.C4H8O.C3H2N2/c1-37-28(38-2)21-8-15-23(12-5-18(31)25(34)19(32)6-12)26-14(7-20(39-26)13(9-35)10-36)22(27(15)40-21)11-3-16(29)24(33)17(30)4-11;23-11-1-7(2-12(24)19(11)27)17-9-5-15(29)32-22(9)18(10-6-16(30)31-21(10)17)8-3-13(25)20(28)14(26)4-8;1-2-4-5-3-1;4-2-1-3-5/h3-8,13,28H;1-6H;1-4H2;1H2. The van der Waals surface area contributed by atoms with Crippen LogP contribution in [0.25, 0.3) is 94.5 Å². The number of ether oxygens (including phenoxy) is 1. The highest BCUT2D eigenvalue weighted by molar-refractivity contribution is 14.1. The summed E-state index contributed by atoms with van der Waals surface area (Å²) in [5, 5.41) is 35.7. The van der Waals surface area contributed by atoms with E-state index in [1.165, 1.54) is 47.6 Å². The fourth-order valence-corrected chi connectivity index (χ4v) is 14.9. The highest BCUT2D eigenvalue weighted by Crippen LogP contribution is 2.53. The van der Waals surface area contributed by atoms with Crippen molar-refractivity contribution in [3.63, 3.8) is 0 Å². The number of hydrogen-bond acceptors (Lipinski definition) is 9. The maximum Gasteiger partial charge on any atom is 0.511 e. The molecule has 0 bridgehead atoms. The lowest BCUT2D eigenvalue weighted by Crippen LogP contribution is -1.94. The molecule has 0 unspecified atom stereocenters. The Kier molecular flexibility index (Phi) is 19.2. The molecule has 82 heavy (non-hydrogen) atoms. The molecule has 25 heteroatoms. The van der Waals surface area contributed by atoms with E-state index in [0.717, 1.165) is 90.2 Å². The maximum absolute atomic E-state index is 14.4. The average molecular weight is 1420 g/mol. The van der Waals surface area contributed by atoms with Crippen molar-refractivity contribution >= 4 is 131 Å². The first-order chi connectivity index (χ1) is 39.2. The third-order valence-electron chi connectivity index (χ3n) is 12.0. The second-order valence-electron chi connectivity index (χ2n) is 17.0. The SMILES string of the molecule is C1CCOC1.Fc1cc(-c2c3cc(I)sc3c(-c3cc(F)c(F)c(F)c3)c3cc(I)sc23)cc(F)c1F.N#CCC#N.[C-]#[N+]C([N+]#[C-])c1cc2c(-c3cc(F)c(F)c(F)c3)c3sc(C(C#N)C#N)cc3c(-c3cc(F)c(F)c(F)c3)c2s1. The van der Waals surface area contributed by atoms with Crippen molar-refractivity contribution in [3.8, 4) is 68.8 Å². The van der Waals surface area contributed by atoms with E-state index in [1.54, 1.807) is 24.3 Å². The van der Waals surface area contributed by atoms with Crippen LogP contribution in [-0.2, 0) is 4.74 Å². The number of rotatable bonds is 6. The molecular formula is C57H24F12I2N6OS4. The van der Waals surface area contributed by atoms with Gasteiger partial charge >= 0.3 is 6.17 Å². The van der Waals surface area contributed by atoms with Crippen molar-refractivity contribution in [1.82, 2.24) is 0 Å². The van der Waals surface area contributed by atoms with Gasteiger partial charge in [-0.25, -0.2) is 75.5 Å². The predicted octanol–water partition coefficient (Wildman–Crippen LogP) is 20.0. The first-order valence-corrected chi connectivity index (χ1v) is 28.4. The minimum Gasteiger partial charge on any atom is -0.381 e. The quantitative estimate of drug-likeness (QED) is 0.0712. The van der Waals surface area contributed by atoms with Gasteiger partial charge in [0.05, 0.1) is 30.0 Å². The van der Waals surface area contributed by atoms with Gasteiger partial charge in [0.25, 0.3) is 0 Å². The molecule has 0 radical (unpaired) electrons. The van der Waals surface area contributed by atoms with E-state index in [9.17, 15) is 63.2 Å². The molecule has 0 N–H and O–H groups in total. The Morgan fingerprint density at radius 3 is 0.976 bits per heavy atom. The van der Waals surface area contributed by atoms with E-state index in [2.05, 4.69) is 54.9 Å². The van der Waals surface area contributed by atoms with Gasteiger partial charge in [-0.2, -0.15) is 21.0 Å². The summed E-state index contributed by atoms with van der Waals surface area (Å²) in [6, 6.07) is 20.1. The van der Waals surface area contributed by atoms with Crippen LogP contribution in [0.1, 0.15) is 41.1 Å². The van der Waals surface area contributed by atoms with Crippen LogP contribution in [-0.4, -0.2) is 13.2 Å². The topological polar surface area (TPSA) is 113 Å². The average Bonchev–Trinajstić information content (AvgIpc) is 4.53. The Bertz CT molecular complexity index is 3980. The molecule has 1 saturated heterocycles. The fraction of sp³-hybridized carbons (Fsp3) is 0.123. The molecular weight excluding hydrogens is 1390 g/mol. The van der Waals surface area contributed by atoms with E-state index in [0.29, 0.717) is 31.3 Å². The predicted molar refractivity (Wildman–Crippen MR) is 307 cm³/mol. The summed E-state index contributed by atoms with van der Waals surface area (Å²) in [6.07, 6.45) is 1.25. The van der Waals surface area contributed by atoms with Crippen molar-refractivity contribution in [2.24, 2.45) is 0 Å². The monoisotopic (exact) mass is 1420 g/mol. The molecule has 0 spiro atoms. The molecule has 0 saturated carbocycles. The molecule has 4 aromatic heterocycles. The summed E-state index contributed by atoms with van der Waals surface area (Å²) in [6.45, 7) is 16.8. The van der Waals surface area contributed by atoms with Crippen molar-refractivity contribution in [2.75, 3.05) is 13.2 Å². The van der Waals surface area contributed by atoms with Gasteiger partial charge in [0.2, 0.25) is 0 Å². The Hall–Kier alpha value is -7.32. The first kappa shape index (κ1) is 60.8. The van der Waals surface area contributed by atoms with Crippen LogP contribution in [0.4, 0.5) is 52.7 Å². The van der Waals surface area contributed by atoms with Gasteiger partial charge in [0, 0.05) is 80.7 Å². The number of halogens is 14. The molecule has 11 rings (SSSR count). The summed E-state index contributed by atoms with van der Waals surface area (Å²) in [5.41, 5.74) is 1.24. The van der Waals surface area contributed by atoms with Crippen LogP contribution in [0.2, 0.25) is 0 Å². The molecule has 1 aliphatic heterocycles. The van der Waals surface area contributed by atoms with E-state index in [-0.39, 0.29) is 69.7 Å². The zero-order valence-corrected chi connectivity index (χ0v) is 48.2. The number of nitrogens with zero attached hydrogens (tertiary/aromatic N) is 6. The molecule has 6 aromatic carbocycles. The van der Waals surface area contributed by atoms with Crippen LogP contribution in [0.5, 0.6) is 0 Å². The summed E-state index contributed by atoms with van der Waals surface area (Å²) in [5.74, 6) is -19.1. The Morgan fingerprint density at radius 2 is 0.720 bits per heavy atom. The second-order valence-corrected chi connectivity index (χ2v) is 25.1. The number of thiophene rings is 4. The van der Waals surface area contributed by atoms with Gasteiger partial charge in [-0.05, 0) is 153 Å². The van der Waals surface area contributed by atoms with E-state index < -0.39 is 81.9 Å². The van der Waals surface area contributed by atoms with Gasteiger partial charge in [0.1, 0.15) is 6.42 Å². The van der Waals surface area contributed by atoms with Crippen LogP contribution in [0.3, 0.4) is 0 Å². The zero-order valence-electron chi connectivity index (χ0n) is 40.6. The fourth-order valence-electron chi connectivity index (χ4n) is 8.59. The minimum atomic E-state index is -1.71. The smallest absolute Gasteiger partial charge is 0.381 e. The van der Waals surface area contributed by atoms with Crippen LogP contribution >= 0.6 is 90.5 Å². The van der Waals surface area contributed by atoms with Crippen molar-refractivity contribution in [3.05, 3.63) is 181 Å². The van der Waals surface area contributed by atoms with Gasteiger partial charge in [-0.15, -0.1) is 45.3 Å². The Labute approximate surface area is 499 Å². The Morgan fingerprint density at radius 1 is 0.439 bits per heavy atom. The van der Waals surface area contributed by atoms with E-state index >= 15 is 0 Å². The highest BCUT2D eigenvalue weighted by Gasteiger charge is 2.31. The van der Waals surface area contributed by atoms with Crippen LogP contribution in [0, 0.1) is 134 Å². The number of nitriles is 4. The molecule has 1 aliphatic rings. The molecule has 10 aromatic rings. The highest BCUT2D eigenvalue weighted by atomic mass is 127. The van der Waals surface area contributed by atoms with Crippen molar-refractivity contribution in [2.45, 2.75) is 31.3 Å². The third kappa shape index (κ3) is 12.1. The maximum atomic E-state index is 14.4. The summed E-state index contributed by atoms with van der Waals surface area (Å²) >= 11 is 8.60. The molecule has 0 atom stereocenters. The minimum absolute atomic E-state index is 0. The lowest BCUT2D eigenvalue weighted by Gasteiger charge is -2.13. The van der Waals surface area contributed by atoms with Gasteiger partial charge < -0.3 is 4.74 Å². The zero-order chi connectivity index (χ0) is 59.4. The second kappa shape index (κ2) is 25.9. The number of fused-ring (bicyclic) bond motifs is 4. The van der Waals surface area contributed by atoms with Crippen molar-refractivity contribution in [1.29, 1.82) is 21.0 Å². The molecule has 0 amide bonds. The Balaban J connectivity index is 0.000000186. The molecule has 0 aliphatic carbocycles. The largest absolute Gasteiger partial charge is 0.511 e. The molecule has 1 fully saturated rings. The first-order valence-electron chi connectivity index (χ1n) is 23.0. The normalized spacial score (nSPS) is 11.7. The molecule has 7 nitrogen and oxygen atoms in total. The molecule has 5 heterocycles. The number of hydrogen-bond donors (Lipinski definition) is 0.